The fraction of sp³-hybridized carbons (Fsp3) is 0.267. The van der Waals surface area contributed by atoms with E-state index in [1.165, 1.54) is 0 Å². The Labute approximate surface area is 123 Å². The lowest BCUT2D eigenvalue weighted by molar-refractivity contribution is 0.0949. The summed E-state index contributed by atoms with van der Waals surface area (Å²) >= 11 is 5.82. The van der Waals surface area contributed by atoms with Gasteiger partial charge < -0.3 is 5.32 Å². The van der Waals surface area contributed by atoms with Crippen molar-refractivity contribution >= 4 is 17.5 Å². The monoisotopic (exact) mass is 289 g/mol. The number of nitrogens with zero attached hydrogens (tertiary/aromatic N) is 2. The van der Waals surface area contributed by atoms with Crippen molar-refractivity contribution in [2.45, 2.75) is 26.8 Å². The van der Waals surface area contributed by atoms with Crippen LogP contribution < -0.4 is 5.32 Å². The lowest BCUT2D eigenvalue weighted by Gasteiger charge is -2.08. The first kappa shape index (κ1) is 14.5. The molecular weight excluding hydrogens is 274 g/mol. The van der Waals surface area contributed by atoms with E-state index in [0.717, 1.165) is 17.7 Å². The van der Waals surface area contributed by atoms with E-state index in [0.29, 0.717) is 22.8 Å². The Hall–Kier alpha value is -1.94. The number of aromatic nitrogens is 2. The summed E-state index contributed by atoms with van der Waals surface area (Å²) in [6, 6.07) is 9.17. The lowest BCUT2D eigenvalue weighted by Crippen LogP contribution is -2.24. The molecule has 0 saturated heterocycles. The maximum atomic E-state index is 12.2. The Bertz CT molecular complexity index is 611. The summed E-state index contributed by atoms with van der Waals surface area (Å²) in [5.41, 5.74) is 3.02. The molecule has 2 aromatic rings. The summed E-state index contributed by atoms with van der Waals surface area (Å²) in [5.74, 6) is -0.137. The van der Waals surface area contributed by atoms with E-state index in [2.05, 4.69) is 15.5 Å². The predicted octanol–water partition coefficient (Wildman–Crippen LogP) is 2.93. The fourth-order valence-electron chi connectivity index (χ4n) is 1.78. The highest BCUT2D eigenvalue weighted by Gasteiger charge is 2.11. The molecule has 0 saturated carbocycles. The zero-order valence-electron chi connectivity index (χ0n) is 11.5. The number of carbonyl (C=O) groups is 1. The van der Waals surface area contributed by atoms with Gasteiger partial charge >= 0.3 is 0 Å². The summed E-state index contributed by atoms with van der Waals surface area (Å²) in [5, 5.41) is 11.6. The molecule has 0 aliphatic heterocycles. The van der Waals surface area contributed by atoms with Crippen LogP contribution in [-0.2, 0) is 13.0 Å². The maximum absolute atomic E-state index is 12.2. The van der Waals surface area contributed by atoms with E-state index in [4.69, 9.17) is 11.6 Å². The molecule has 0 atom stereocenters. The number of aryl methyl sites for hydroxylation is 2. The van der Waals surface area contributed by atoms with Crippen LogP contribution in [0.2, 0.25) is 5.02 Å². The van der Waals surface area contributed by atoms with Crippen LogP contribution in [0.1, 0.15) is 34.2 Å². The van der Waals surface area contributed by atoms with Crippen LogP contribution in [0.3, 0.4) is 0 Å². The summed E-state index contributed by atoms with van der Waals surface area (Å²) in [7, 11) is 0. The van der Waals surface area contributed by atoms with E-state index in [1.807, 2.05) is 19.1 Å². The number of hydrogen-bond donors (Lipinski definition) is 1. The first-order valence-corrected chi connectivity index (χ1v) is 6.83. The van der Waals surface area contributed by atoms with E-state index in [-0.39, 0.29) is 5.91 Å². The van der Waals surface area contributed by atoms with Gasteiger partial charge in [-0.3, -0.25) is 4.79 Å². The van der Waals surface area contributed by atoms with E-state index >= 15 is 0 Å². The minimum atomic E-state index is -0.137. The Balaban J connectivity index is 2.06. The van der Waals surface area contributed by atoms with Gasteiger partial charge in [0.1, 0.15) is 0 Å². The van der Waals surface area contributed by atoms with Crippen molar-refractivity contribution in [3.05, 3.63) is 57.9 Å². The normalized spacial score (nSPS) is 10.3. The van der Waals surface area contributed by atoms with Gasteiger partial charge in [-0.15, -0.1) is 0 Å². The minimum absolute atomic E-state index is 0.137. The molecule has 1 N–H and O–H groups in total. The SMILES string of the molecule is CCc1cc(C(=O)NCc2ccc(Cl)cc2)c(C)nn1. The Morgan fingerprint density at radius 2 is 1.95 bits per heavy atom. The van der Waals surface area contributed by atoms with Gasteiger partial charge in [0.2, 0.25) is 0 Å². The molecule has 2 rings (SSSR count). The molecule has 20 heavy (non-hydrogen) atoms. The van der Waals surface area contributed by atoms with Crippen molar-refractivity contribution < 1.29 is 4.79 Å². The molecule has 1 heterocycles. The predicted molar refractivity (Wildman–Crippen MR) is 78.8 cm³/mol. The molecule has 0 unspecified atom stereocenters. The molecule has 0 spiro atoms. The zero-order chi connectivity index (χ0) is 14.5. The summed E-state index contributed by atoms with van der Waals surface area (Å²) in [6.45, 7) is 4.22. The van der Waals surface area contributed by atoms with Crippen molar-refractivity contribution in [3.8, 4) is 0 Å². The van der Waals surface area contributed by atoms with E-state index in [9.17, 15) is 4.79 Å². The molecule has 4 nitrogen and oxygen atoms in total. The number of halogens is 1. The number of carbonyl (C=O) groups excluding carboxylic acids is 1. The van der Waals surface area contributed by atoms with Crippen molar-refractivity contribution in [1.82, 2.24) is 15.5 Å². The third kappa shape index (κ3) is 3.54. The second-order valence-corrected chi connectivity index (χ2v) is 4.93. The van der Waals surface area contributed by atoms with Crippen LogP contribution in [0, 0.1) is 6.92 Å². The van der Waals surface area contributed by atoms with Gasteiger partial charge in [0, 0.05) is 11.6 Å². The highest BCUT2D eigenvalue weighted by Crippen LogP contribution is 2.10. The van der Waals surface area contributed by atoms with Gasteiger partial charge in [-0.25, -0.2) is 0 Å². The van der Waals surface area contributed by atoms with Gasteiger partial charge in [-0.05, 0) is 37.1 Å². The molecule has 0 aliphatic rings. The molecule has 1 aromatic carbocycles. The van der Waals surface area contributed by atoms with Gasteiger partial charge in [-0.2, -0.15) is 10.2 Å². The topological polar surface area (TPSA) is 54.9 Å². The Kier molecular flexibility index (Phi) is 4.69. The summed E-state index contributed by atoms with van der Waals surface area (Å²) in [4.78, 5) is 12.2. The molecule has 5 heteroatoms. The van der Waals surface area contributed by atoms with Crippen molar-refractivity contribution in [3.63, 3.8) is 0 Å². The number of hydrogen-bond acceptors (Lipinski definition) is 3. The second kappa shape index (κ2) is 6.48. The zero-order valence-corrected chi connectivity index (χ0v) is 12.2. The highest BCUT2D eigenvalue weighted by molar-refractivity contribution is 6.30. The van der Waals surface area contributed by atoms with Crippen LogP contribution >= 0.6 is 11.6 Å². The number of amides is 1. The number of nitrogens with one attached hydrogen (secondary N) is 1. The van der Waals surface area contributed by atoms with Gasteiger partial charge in [-0.1, -0.05) is 30.7 Å². The van der Waals surface area contributed by atoms with Gasteiger partial charge in [0.25, 0.3) is 5.91 Å². The van der Waals surface area contributed by atoms with Crippen LogP contribution in [0.15, 0.2) is 30.3 Å². The van der Waals surface area contributed by atoms with Gasteiger partial charge in [0.05, 0.1) is 17.0 Å². The molecule has 0 aliphatic carbocycles. The maximum Gasteiger partial charge on any atom is 0.253 e. The molecule has 0 radical (unpaired) electrons. The van der Waals surface area contributed by atoms with E-state index < -0.39 is 0 Å². The molecule has 1 aromatic heterocycles. The minimum Gasteiger partial charge on any atom is -0.348 e. The van der Waals surface area contributed by atoms with Crippen LogP contribution in [0.4, 0.5) is 0 Å². The van der Waals surface area contributed by atoms with Crippen molar-refractivity contribution in [2.24, 2.45) is 0 Å². The molecule has 1 amide bonds. The number of benzene rings is 1. The Morgan fingerprint density at radius 1 is 1.25 bits per heavy atom. The van der Waals surface area contributed by atoms with Crippen molar-refractivity contribution in [1.29, 1.82) is 0 Å². The first-order chi connectivity index (χ1) is 9.60. The summed E-state index contributed by atoms with van der Waals surface area (Å²) < 4.78 is 0. The summed E-state index contributed by atoms with van der Waals surface area (Å²) in [6.07, 6.45) is 0.755. The Morgan fingerprint density at radius 3 is 2.60 bits per heavy atom. The molecule has 0 fully saturated rings. The average molecular weight is 290 g/mol. The van der Waals surface area contributed by atoms with Crippen LogP contribution in [0.25, 0.3) is 0 Å². The first-order valence-electron chi connectivity index (χ1n) is 6.46. The van der Waals surface area contributed by atoms with Crippen LogP contribution in [-0.4, -0.2) is 16.1 Å². The fourth-order valence-corrected chi connectivity index (χ4v) is 1.90. The van der Waals surface area contributed by atoms with Crippen LogP contribution in [0.5, 0.6) is 0 Å². The standard InChI is InChI=1S/C15H16ClN3O/c1-3-13-8-14(10(2)18-19-13)15(20)17-9-11-4-6-12(16)7-5-11/h4-8H,3,9H2,1-2H3,(H,17,20). The second-order valence-electron chi connectivity index (χ2n) is 4.50. The average Bonchev–Trinajstić information content (AvgIpc) is 2.47. The largest absolute Gasteiger partial charge is 0.348 e. The van der Waals surface area contributed by atoms with Crippen molar-refractivity contribution in [2.75, 3.05) is 0 Å². The molecular formula is C15H16ClN3O. The number of rotatable bonds is 4. The molecule has 0 bridgehead atoms. The molecule has 104 valence electrons. The highest BCUT2D eigenvalue weighted by atomic mass is 35.5. The lowest BCUT2D eigenvalue weighted by atomic mass is 10.1. The third-order valence-corrected chi connectivity index (χ3v) is 3.25. The van der Waals surface area contributed by atoms with Gasteiger partial charge in [0.15, 0.2) is 0 Å². The third-order valence-electron chi connectivity index (χ3n) is 3.00. The smallest absolute Gasteiger partial charge is 0.253 e. The quantitative estimate of drug-likeness (QED) is 0.941. The van der Waals surface area contributed by atoms with E-state index in [1.54, 1.807) is 25.1 Å².